The summed E-state index contributed by atoms with van der Waals surface area (Å²) in [5, 5.41) is 3.34. The number of ether oxygens (including phenoxy) is 1. The van der Waals surface area contributed by atoms with Gasteiger partial charge in [-0.15, -0.1) is 0 Å². The molecule has 3 rings (SSSR count). The highest BCUT2D eigenvalue weighted by Gasteiger charge is 2.33. The first-order valence-electron chi connectivity index (χ1n) is 5.54. The number of nitrogens with one attached hydrogen (secondary N) is 1. The molecule has 84 valence electrons. The summed E-state index contributed by atoms with van der Waals surface area (Å²) in [7, 11) is 0. The standard InChI is InChI=1S/C12H13BrN2O/c13-9-3-1-8(2-4-9)12-15-10-7-14-6-5-11(10)16-12/h1-4,10-11,14H,5-7H2. The van der Waals surface area contributed by atoms with Crippen molar-refractivity contribution in [3.63, 3.8) is 0 Å². The van der Waals surface area contributed by atoms with Crippen LogP contribution in [0.3, 0.4) is 0 Å². The Balaban J connectivity index is 1.83. The Kier molecular flexibility index (Phi) is 2.69. The summed E-state index contributed by atoms with van der Waals surface area (Å²) >= 11 is 3.42. The normalized spacial score (nSPS) is 28.2. The van der Waals surface area contributed by atoms with Gasteiger partial charge in [-0.3, -0.25) is 0 Å². The molecule has 0 aliphatic carbocycles. The van der Waals surface area contributed by atoms with Gasteiger partial charge in [-0.05, 0) is 37.2 Å². The van der Waals surface area contributed by atoms with Gasteiger partial charge in [-0.1, -0.05) is 15.9 Å². The molecule has 1 aromatic rings. The number of hydrogen-bond acceptors (Lipinski definition) is 3. The van der Waals surface area contributed by atoms with Gasteiger partial charge in [0.25, 0.3) is 0 Å². The van der Waals surface area contributed by atoms with E-state index in [-0.39, 0.29) is 6.10 Å². The van der Waals surface area contributed by atoms with Crippen LogP contribution in [0.25, 0.3) is 0 Å². The van der Waals surface area contributed by atoms with Crippen molar-refractivity contribution in [3.8, 4) is 0 Å². The average molecular weight is 281 g/mol. The maximum absolute atomic E-state index is 5.89. The van der Waals surface area contributed by atoms with Crippen LogP contribution in [0.5, 0.6) is 0 Å². The minimum absolute atomic E-state index is 0.278. The van der Waals surface area contributed by atoms with E-state index in [9.17, 15) is 0 Å². The number of nitrogens with zero attached hydrogens (tertiary/aromatic N) is 1. The van der Waals surface area contributed by atoms with Gasteiger partial charge in [0, 0.05) is 16.6 Å². The number of benzene rings is 1. The van der Waals surface area contributed by atoms with Crippen LogP contribution in [0.1, 0.15) is 12.0 Å². The Morgan fingerprint density at radius 1 is 1.31 bits per heavy atom. The zero-order valence-corrected chi connectivity index (χ0v) is 10.4. The van der Waals surface area contributed by atoms with Crippen molar-refractivity contribution in [2.75, 3.05) is 13.1 Å². The number of hydrogen-bond donors (Lipinski definition) is 1. The molecular formula is C12H13BrN2O. The van der Waals surface area contributed by atoms with Gasteiger partial charge in [0.2, 0.25) is 5.90 Å². The largest absolute Gasteiger partial charge is 0.472 e. The molecular weight excluding hydrogens is 268 g/mol. The van der Waals surface area contributed by atoms with Crippen LogP contribution < -0.4 is 5.32 Å². The molecule has 2 heterocycles. The molecule has 2 unspecified atom stereocenters. The van der Waals surface area contributed by atoms with Crippen molar-refractivity contribution in [2.45, 2.75) is 18.6 Å². The number of aliphatic imine (C=N–C) groups is 1. The minimum Gasteiger partial charge on any atom is -0.472 e. The van der Waals surface area contributed by atoms with E-state index in [2.05, 4.69) is 26.2 Å². The molecule has 2 aliphatic rings. The topological polar surface area (TPSA) is 33.6 Å². The molecule has 3 nitrogen and oxygen atoms in total. The molecule has 1 saturated heterocycles. The number of fused-ring (bicyclic) bond motifs is 1. The van der Waals surface area contributed by atoms with E-state index >= 15 is 0 Å². The van der Waals surface area contributed by atoms with E-state index in [0.29, 0.717) is 6.04 Å². The summed E-state index contributed by atoms with van der Waals surface area (Å²) < 4.78 is 6.96. The lowest BCUT2D eigenvalue weighted by Crippen LogP contribution is -2.41. The fourth-order valence-corrected chi connectivity index (χ4v) is 2.41. The monoisotopic (exact) mass is 280 g/mol. The van der Waals surface area contributed by atoms with Gasteiger partial charge in [-0.25, -0.2) is 4.99 Å². The van der Waals surface area contributed by atoms with E-state index in [1.807, 2.05) is 24.3 Å². The van der Waals surface area contributed by atoms with Crippen molar-refractivity contribution < 1.29 is 4.74 Å². The second-order valence-electron chi connectivity index (χ2n) is 4.16. The van der Waals surface area contributed by atoms with Gasteiger partial charge in [-0.2, -0.15) is 0 Å². The molecule has 0 radical (unpaired) electrons. The lowest BCUT2D eigenvalue weighted by Gasteiger charge is -2.23. The van der Waals surface area contributed by atoms with Gasteiger partial charge in [0.15, 0.2) is 0 Å². The van der Waals surface area contributed by atoms with E-state index in [1.165, 1.54) is 0 Å². The maximum Gasteiger partial charge on any atom is 0.216 e. The molecule has 16 heavy (non-hydrogen) atoms. The Morgan fingerprint density at radius 3 is 2.88 bits per heavy atom. The summed E-state index contributed by atoms with van der Waals surface area (Å²) in [5.41, 5.74) is 1.07. The third-order valence-electron chi connectivity index (χ3n) is 3.03. The second kappa shape index (κ2) is 4.18. The Hall–Kier alpha value is -0.870. The van der Waals surface area contributed by atoms with Gasteiger partial charge in [0.05, 0.1) is 0 Å². The maximum atomic E-state index is 5.89. The lowest BCUT2D eigenvalue weighted by molar-refractivity contribution is 0.161. The van der Waals surface area contributed by atoms with Crippen LogP contribution in [0.2, 0.25) is 0 Å². The summed E-state index contributed by atoms with van der Waals surface area (Å²) in [6.07, 6.45) is 1.33. The highest BCUT2D eigenvalue weighted by Crippen LogP contribution is 2.23. The Morgan fingerprint density at radius 2 is 2.12 bits per heavy atom. The third kappa shape index (κ3) is 1.87. The average Bonchev–Trinajstić information content (AvgIpc) is 2.73. The van der Waals surface area contributed by atoms with Crippen LogP contribution in [-0.2, 0) is 4.74 Å². The highest BCUT2D eigenvalue weighted by molar-refractivity contribution is 9.10. The molecule has 4 heteroatoms. The highest BCUT2D eigenvalue weighted by atomic mass is 79.9. The van der Waals surface area contributed by atoms with Crippen molar-refractivity contribution in [1.29, 1.82) is 0 Å². The fraction of sp³-hybridized carbons (Fsp3) is 0.417. The quantitative estimate of drug-likeness (QED) is 0.853. The zero-order chi connectivity index (χ0) is 11.0. The molecule has 0 amide bonds. The predicted octanol–water partition coefficient (Wildman–Crippen LogP) is 1.96. The summed E-state index contributed by atoms with van der Waals surface area (Å²) in [4.78, 5) is 4.63. The third-order valence-corrected chi connectivity index (χ3v) is 3.55. The van der Waals surface area contributed by atoms with Crippen LogP contribution in [0.4, 0.5) is 0 Å². The van der Waals surface area contributed by atoms with E-state index < -0.39 is 0 Å². The smallest absolute Gasteiger partial charge is 0.216 e. The first kappa shape index (κ1) is 10.3. The van der Waals surface area contributed by atoms with Crippen LogP contribution in [-0.4, -0.2) is 31.1 Å². The summed E-state index contributed by atoms with van der Waals surface area (Å²) in [6.45, 7) is 1.97. The molecule has 1 aromatic carbocycles. The molecule has 0 saturated carbocycles. The molecule has 1 fully saturated rings. The van der Waals surface area contributed by atoms with Gasteiger partial charge in [0.1, 0.15) is 12.1 Å². The molecule has 1 N–H and O–H groups in total. The van der Waals surface area contributed by atoms with E-state index in [0.717, 1.165) is 35.4 Å². The van der Waals surface area contributed by atoms with E-state index in [1.54, 1.807) is 0 Å². The zero-order valence-electron chi connectivity index (χ0n) is 8.82. The molecule has 0 spiro atoms. The van der Waals surface area contributed by atoms with Gasteiger partial charge < -0.3 is 10.1 Å². The summed E-state index contributed by atoms with van der Waals surface area (Å²) in [6, 6.07) is 8.40. The van der Waals surface area contributed by atoms with Crippen LogP contribution in [0.15, 0.2) is 33.7 Å². The lowest BCUT2D eigenvalue weighted by atomic mass is 10.1. The first-order valence-corrected chi connectivity index (χ1v) is 6.33. The second-order valence-corrected chi connectivity index (χ2v) is 5.07. The molecule has 0 bridgehead atoms. The van der Waals surface area contributed by atoms with Crippen molar-refractivity contribution >= 4 is 21.8 Å². The van der Waals surface area contributed by atoms with Crippen LogP contribution >= 0.6 is 15.9 Å². The minimum atomic E-state index is 0.278. The predicted molar refractivity (Wildman–Crippen MR) is 66.8 cm³/mol. The fourth-order valence-electron chi connectivity index (χ4n) is 2.14. The molecule has 2 atom stereocenters. The molecule has 0 aromatic heterocycles. The Labute approximate surface area is 103 Å². The molecule has 2 aliphatic heterocycles. The van der Waals surface area contributed by atoms with Gasteiger partial charge >= 0.3 is 0 Å². The SMILES string of the molecule is Brc1ccc(C2=NC3CNCCC3O2)cc1. The number of rotatable bonds is 1. The Bertz CT molecular complexity index is 416. The van der Waals surface area contributed by atoms with Crippen molar-refractivity contribution in [2.24, 2.45) is 4.99 Å². The number of halogens is 1. The van der Waals surface area contributed by atoms with Crippen molar-refractivity contribution in [1.82, 2.24) is 5.32 Å². The van der Waals surface area contributed by atoms with Crippen molar-refractivity contribution in [3.05, 3.63) is 34.3 Å². The van der Waals surface area contributed by atoms with E-state index in [4.69, 9.17) is 4.74 Å². The number of piperidine rings is 1. The van der Waals surface area contributed by atoms with Crippen LogP contribution in [0, 0.1) is 0 Å². The first-order chi connectivity index (χ1) is 7.83. The summed E-state index contributed by atoms with van der Waals surface area (Å²) in [5.74, 6) is 0.797.